The zero-order chi connectivity index (χ0) is 14.4. The van der Waals surface area contributed by atoms with Gasteiger partial charge in [0.05, 0.1) is 5.92 Å². The zero-order valence-corrected chi connectivity index (χ0v) is 10.9. The van der Waals surface area contributed by atoms with E-state index in [2.05, 4.69) is 5.32 Å². The summed E-state index contributed by atoms with van der Waals surface area (Å²) in [6, 6.07) is 5.43. The summed E-state index contributed by atoms with van der Waals surface area (Å²) in [5.41, 5.74) is 0.773. The van der Waals surface area contributed by atoms with E-state index in [4.69, 9.17) is 5.11 Å². The number of carboxylic acids is 1. The third kappa shape index (κ3) is 4.95. The van der Waals surface area contributed by atoms with Crippen LogP contribution in [-0.2, 0) is 11.3 Å². The largest absolute Gasteiger partial charge is 0.481 e. The number of nitrogens with one attached hydrogen (secondary N) is 1. The number of carbonyl (C=O) groups is 2. The highest BCUT2D eigenvalue weighted by molar-refractivity contribution is 5.75. The number of hydrogen-bond donors (Lipinski definition) is 2. The molecular weight excluding hydrogens is 251 g/mol. The first kappa shape index (κ1) is 14.9. The molecule has 0 heterocycles. The first-order valence-corrected chi connectivity index (χ1v) is 5.86. The highest BCUT2D eigenvalue weighted by Gasteiger charge is 2.16. The summed E-state index contributed by atoms with van der Waals surface area (Å²) in [5, 5.41) is 11.4. The molecule has 104 valence electrons. The van der Waals surface area contributed by atoms with E-state index in [0.29, 0.717) is 0 Å². The summed E-state index contributed by atoms with van der Waals surface area (Å²) >= 11 is 0. The molecule has 1 unspecified atom stereocenters. The van der Waals surface area contributed by atoms with Crippen LogP contribution in [0.3, 0.4) is 0 Å². The summed E-state index contributed by atoms with van der Waals surface area (Å²) in [6.45, 7) is 1.93. The first-order chi connectivity index (χ1) is 8.90. The second kappa shape index (κ2) is 6.72. The van der Waals surface area contributed by atoms with Crippen molar-refractivity contribution in [3.8, 4) is 0 Å². The molecule has 19 heavy (non-hydrogen) atoms. The van der Waals surface area contributed by atoms with E-state index in [1.807, 2.05) is 0 Å². The predicted octanol–water partition coefficient (Wildman–Crippen LogP) is 1.69. The minimum absolute atomic E-state index is 0.130. The topological polar surface area (TPSA) is 69.6 Å². The molecule has 0 spiro atoms. The fraction of sp³-hybridized carbons (Fsp3) is 0.385. The van der Waals surface area contributed by atoms with Gasteiger partial charge in [0, 0.05) is 20.1 Å². The van der Waals surface area contributed by atoms with E-state index in [-0.39, 0.29) is 24.9 Å². The van der Waals surface area contributed by atoms with Crippen molar-refractivity contribution in [3.63, 3.8) is 0 Å². The highest BCUT2D eigenvalue weighted by Crippen LogP contribution is 2.03. The van der Waals surface area contributed by atoms with Crippen LogP contribution in [0, 0.1) is 11.7 Å². The smallest absolute Gasteiger partial charge is 0.317 e. The van der Waals surface area contributed by atoms with Crippen LogP contribution >= 0.6 is 0 Å². The molecule has 0 radical (unpaired) electrons. The zero-order valence-electron chi connectivity index (χ0n) is 10.9. The van der Waals surface area contributed by atoms with Gasteiger partial charge in [-0.1, -0.05) is 19.1 Å². The summed E-state index contributed by atoms with van der Waals surface area (Å²) in [7, 11) is 1.53. The second-order valence-electron chi connectivity index (χ2n) is 4.40. The standard InChI is InChI=1S/C13H17FN2O3/c1-9(12(17)18)8-16(2)13(19)15-7-10-3-5-11(14)6-4-10/h3-6,9H,7-8H2,1-2H3,(H,15,19)(H,17,18). The first-order valence-electron chi connectivity index (χ1n) is 5.86. The van der Waals surface area contributed by atoms with Crippen LogP contribution in [0.1, 0.15) is 12.5 Å². The molecular formula is C13H17FN2O3. The average Bonchev–Trinajstić information content (AvgIpc) is 2.37. The quantitative estimate of drug-likeness (QED) is 0.853. The number of halogens is 1. The summed E-state index contributed by atoms with van der Waals surface area (Å²) in [6.07, 6.45) is 0. The number of carbonyl (C=O) groups excluding carboxylic acids is 1. The molecule has 0 aromatic heterocycles. The van der Waals surface area contributed by atoms with Crippen molar-refractivity contribution >= 4 is 12.0 Å². The third-order valence-electron chi connectivity index (χ3n) is 2.67. The van der Waals surface area contributed by atoms with Gasteiger partial charge in [-0.2, -0.15) is 0 Å². The van der Waals surface area contributed by atoms with Gasteiger partial charge in [-0.3, -0.25) is 4.79 Å². The third-order valence-corrected chi connectivity index (χ3v) is 2.67. The van der Waals surface area contributed by atoms with Crippen molar-refractivity contribution in [2.45, 2.75) is 13.5 Å². The molecule has 0 saturated carbocycles. The number of urea groups is 1. The van der Waals surface area contributed by atoms with Gasteiger partial charge >= 0.3 is 12.0 Å². The van der Waals surface area contributed by atoms with Crippen molar-refractivity contribution in [1.29, 1.82) is 0 Å². The van der Waals surface area contributed by atoms with E-state index in [1.165, 1.54) is 31.0 Å². The van der Waals surface area contributed by atoms with E-state index >= 15 is 0 Å². The lowest BCUT2D eigenvalue weighted by atomic mass is 10.2. The van der Waals surface area contributed by atoms with Gasteiger partial charge in [0.15, 0.2) is 0 Å². The van der Waals surface area contributed by atoms with Crippen molar-refractivity contribution < 1.29 is 19.1 Å². The molecule has 1 atom stereocenters. The van der Waals surface area contributed by atoms with Crippen LogP contribution in [0.2, 0.25) is 0 Å². The van der Waals surface area contributed by atoms with Crippen LogP contribution in [0.4, 0.5) is 9.18 Å². The van der Waals surface area contributed by atoms with E-state index in [1.54, 1.807) is 12.1 Å². The molecule has 5 nitrogen and oxygen atoms in total. The SMILES string of the molecule is CC(CN(C)C(=O)NCc1ccc(F)cc1)C(=O)O. The van der Waals surface area contributed by atoms with E-state index in [9.17, 15) is 14.0 Å². The van der Waals surface area contributed by atoms with Crippen LogP contribution in [0.25, 0.3) is 0 Å². The maximum Gasteiger partial charge on any atom is 0.317 e. The number of carboxylic acid groups (broad SMARTS) is 1. The molecule has 6 heteroatoms. The van der Waals surface area contributed by atoms with Crippen LogP contribution in [0.15, 0.2) is 24.3 Å². The van der Waals surface area contributed by atoms with Crippen molar-refractivity contribution in [2.75, 3.05) is 13.6 Å². The minimum Gasteiger partial charge on any atom is -0.481 e. The van der Waals surface area contributed by atoms with Crippen molar-refractivity contribution in [3.05, 3.63) is 35.6 Å². The lowest BCUT2D eigenvalue weighted by Gasteiger charge is -2.20. The molecule has 0 aliphatic heterocycles. The Bertz CT molecular complexity index is 448. The van der Waals surface area contributed by atoms with E-state index in [0.717, 1.165) is 5.56 Å². The predicted molar refractivity (Wildman–Crippen MR) is 68.1 cm³/mol. The monoisotopic (exact) mass is 268 g/mol. The Hall–Kier alpha value is -2.11. The van der Waals surface area contributed by atoms with Gasteiger partial charge in [0.25, 0.3) is 0 Å². The molecule has 1 rings (SSSR count). The van der Waals surface area contributed by atoms with Gasteiger partial charge in [-0.15, -0.1) is 0 Å². The van der Waals surface area contributed by atoms with Gasteiger partial charge in [-0.05, 0) is 17.7 Å². The minimum atomic E-state index is -0.946. The molecule has 0 fully saturated rings. The van der Waals surface area contributed by atoms with Crippen LogP contribution in [-0.4, -0.2) is 35.6 Å². The maximum absolute atomic E-state index is 12.7. The Labute approximate surface area is 111 Å². The second-order valence-corrected chi connectivity index (χ2v) is 4.40. The molecule has 1 aromatic carbocycles. The van der Waals surface area contributed by atoms with Crippen LogP contribution in [0.5, 0.6) is 0 Å². The number of aliphatic carboxylic acids is 1. The Balaban J connectivity index is 2.42. The van der Waals surface area contributed by atoms with Crippen molar-refractivity contribution in [1.82, 2.24) is 10.2 Å². The normalized spacial score (nSPS) is 11.7. The van der Waals surface area contributed by atoms with Gasteiger partial charge in [-0.25, -0.2) is 9.18 Å². The summed E-state index contributed by atoms with van der Waals surface area (Å²) in [4.78, 5) is 23.7. The molecule has 2 amide bonds. The molecule has 2 N–H and O–H groups in total. The lowest BCUT2D eigenvalue weighted by Crippen LogP contribution is -2.40. The Kier molecular flexibility index (Phi) is 5.29. The molecule has 0 aliphatic rings. The summed E-state index contributed by atoms with van der Waals surface area (Å²) < 4.78 is 12.7. The molecule has 0 aliphatic carbocycles. The number of hydrogen-bond acceptors (Lipinski definition) is 2. The fourth-order valence-corrected chi connectivity index (χ4v) is 1.49. The molecule has 1 aromatic rings. The number of nitrogens with zero attached hydrogens (tertiary/aromatic N) is 1. The Morgan fingerprint density at radius 2 is 1.95 bits per heavy atom. The Morgan fingerprint density at radius 1 is 1.37 bits per heavy atom. The average molecular weight is 268 g/mol. The fourth-order valence-electron chi connectivity index (χ4n) is 1.49. The molecule has 0 bridgehead atoms. The van der Waals surface area contributed by atoms with Gasteiger partial charge in [0.2, 0.25) is 0 Å². The van der Waals surface area contributed by atoms with Gasteiger partial charge in [0.1, 0.15) is 5.82 Å². The van der Waals surface area contributed by atoms with E-state index < -0.39 is 11.9 Å². The van der Waals surface area contributed by atoms with Gasteiger partial charge < -0.3 is 15.3 Å². The number of rotatable bonds is 5. The maximum atomic E-state index is 12.7. The Morgan fingerprint density at radius 3 is 2.47 bits per heavy atom. The highest BCUT2D eigenvalue weighted by atomic mass is 19.1. The lowest BCUT2D eigenvalue weighted by molar-refractivity contribution is -0.141. The van der Waals surface area contributed by atoms with Crippen molar-refractivity contribution in [2.24, 2.45) is 5.92 Å². The van der Waals surface area contributed by atoms with Crippen LogP contribution < -0.4 is 5.32 Å². The number of benzene rings is 1. The summed E-state index contributed by atoms with van der Waals surface area (Å²) in [5.74, 6) is -1.90. The number of amides is 2. The molecule has 0 saturated heterocycles.